The van der Waals surface area contributed by atoms with E-state index in [2.05, 4.69) is 10.6 Å². The lowest BCUT2D eigenvalue weighted by Gasteiger charge is -2.15. The van der Waals surface area contributed by atoms with E-state index in [1.165, 1.54) is 0 Å². The summed E-state index contributed by atoms with van der Waals surface area (Å²) in [6.45, 7) is 0.784. The van der Waals surface area contributed by atoms with Gasteiger partial charge in [0.1, 0.15) is 0 Å². The molecule has 0 bridgehead atoms. The van der Waals surface area contributed by atoms with E-state index in [-0.39, 0.29) is 24.4 Å². The normalized spacial score (nSPS) is 19.7. The predicted molar refractivity (Wildman–Crippen MR) is 87.6 cm³/mol. The number of halogens is 1. The SMILES string of the molecule is COc1cc(CNC(=O)C2CC(O)CN2)cc(OC)c1OC.Cl. The van der Waals surface area contributed by atoms with Crippen LogP contribution in [0.3, 0.4) is 0 Å². The van der Waals surface area contributed by atoms with Gasteiger partial charge in [0, 0.05) is 13.1 Å². The Hall–Kier alpha value is -1.70. The Morgan fingerprint density at radius 1 is 1.26 bits per heavy atom. The van der Waals surface area contributed by atoms with Gasteiger partial charge in [-0.1, -0.05) is 0 Å². The molecule has 0 aliphatic carbocycles. The van der Waals surface area contributed by atoms with Crippen LogP contribution in [0.5, 0.6) is 17.2 Å². The zero-order valence-electron chi connectivity index (χ0n) is 13.4. The molecule has 1 aromatic rings. The number of carbonyl (C=O) groups excluding carboxylic acids is 1. The first-order chi connectivity index (χ1) is 10.6. The average molecular weight is 347 g/mol. The van der Waals surface area contributed by atoms with Crippen LogP contribution in [0.1, 0.15) is 12.0 Å². The highest BCUT2D eigenvalue weighted by atomic mass is 35.5. The first kappa shape index (κ1) is 19.3. The zero-order valence-corrected chi connectivity index (χ0v) is 14.2. The van der Waals surface area contributed by atoms with Crippen molar-refractivity contribution in [2.24, 2.45) is 0 Å². The maximum absolute atomic E-state index is 12.0. The topological polar surface area (TPSA) is 89.1 Å². The van der Waals surface area contributed by atoms with Crippen molar-refractivity contribution in [3.05, 3.63) is 17.7 Å². The molecule has 7 nitrogen and oxygen atoms in total. The Bertz CT molecular complexity index is 516. The molecule has 1 amide bonds. The van der Waals surface area contributed by atoms with Crippen molar-refractivity contribution in [1.82, 2.24) is 10.6 Å². The summed E-state index contributed by atoms with van der Waals surface area (Å²) in [5.74, 6) is 1.46. The number of ether oxygens (including phenoxy) is 3. The Kier molecular flexibility index (Phi) is 7.41. The Morgan fingerprint density at radius 2 is 1.87 bits per heavy atom. The molecular weight excluding hydrogens is 324 g/mol. The summed E-state index contributed by atoms with van der Waals surface area (Å²) < 4.78 is 15.8. The van der Waals surface area contributed by atoms with Gasteiger partial charge < -0.3 is 30.0 Å². The number of methoxy groups -OCH3 is 3. The van der Waals surface area contributed by atoms with E-state index in [1.807, 2.05) is 0 Å². The van der Waals surface area contributed by atoms with Crippen molar-refractivity contribution in [2.75, 3.05) is 27.9 Å². The first-order valence-electron chi connectivity index (χ1n) is 7.07. The summed E-state index contributed by atoms with van der Waals surface area (Å²) in [4.78, 5) is 12.0. The molecule has 0 spiro atoms. The highest BCUT2D eigenvalue weighted by molar-refractivity contribution is 5.85. The second kappa shape index (κ2) is 8.81. The number of aliphatic hydroxyl groups excluding tert-OH is 1. The quantitative estimate of drug-likeness (QED) is 0.694. The van der Waals surface area contributed by atoms with Crippen molar-refractivity contribution in [1.29, 1.82) is 0 Å². The maximum atomic E-state index is 12.0. The molecule has 0 saturated carbocycles. The van der Waals surface area contributed by atoms with Crippen LogP contribution in [-0.2, 0) is 11.3 Å². The van der Waals surface area contributed by atoms with Gasteiger partial charge in [-0.2, -0.15) is 0 Å². The van der Waals surface area contributed by atoms with Gasteiger partial charge in [0.2, 0.25) is 11.7 Å². The molecular formula is C15H23ClN2O5. The summed E-state index contributed by atoms with van der Waals surface area (Å²) in [6, 6.07) is 3.23. The van der Waals surface area contributed by atoms with E-state index >= 15 is 0 Å². The molecule has 23 heavy (non-hydrogen) atoms. The third kappa shape index (κ3) is 4.63. The fourth-order valence-corrected chi connectivity index (χ4v) is 2.47. The molecule has 3 N–H and O–H groups in total. The third-order valence-corrected chi connectivity index (χ3v) is 3.62. The molecule has 2 unspecified atom stereocenters. The first-order valence-corrected chi connectivity index (χ1v) is 7.07. The van der Waals surface area contributed by atoms with Crippen molar-refractivity contribution in [3.63, 3.8) is 0 Å². The molecule has 1 heterocycles. The van der Waals surface area contributed by atoms with Crippen LogP contribution in [0.15, 0.2) is 12.1 Å². The van der Waals surface area contributed by atoms with E-state index in [9.17, 15) is 9.90 Å². The summed E-state index contributed by atoms with van der Waals surface area (Å²) >= 11 is 0. The average Bonchev–Trinajstić information content (AvgIpc) is 2.97. The Balaban J connectivity index is 0.00000264. The molecule has 2 rings (SSSR count). The maximum Gasteiger partial charge on any atom is 0.237 e. The smallest absolute Gasteiger partial charge is 0.237 e. The molecule has 1 saturated heterocycles. The number of aliphatic hydroxyl groups is 1. The third-order valence-electron chi connectivity index (χ3n) is 3.62. The fraction of sp³-hybridized carbons (Fsp3) is 0.533. The lowest BCUT2D eigenvalue weighted by molar-refractivity contribution is -0.123. The molecule has 130 valence electrons. The van der Waals surface area contributed by atoms with Crippen LogP contribution in [-0.4, -0.2) is 51.0 Å². The van der Waals surface area contributed by atoms with E-state index in [0.717, 1.165) is 5.56 Å². The number of nitrogens with one attached hydrogen (secondary N) is 2. The van der Waals surface area contributed by atoms with Crippen LogP contribution >= 0.6 is 12.4 Å². The Morgan fingerprint density at radius 3 is 2.30 bits per heavy atom. The fourth-order valence-electron chi connectivity index (χ4n) is 2.47. The van der Waals surface area contributed by atoms with Crippen LogP contribution in [0, 0.1) is 0 Å². The number of hydrogen-bond donors (Lipinski definition) is 3. The summed E-state index contributed by atoms with van der Waals surface area (Å²) in [5, 5.41) is 15.2. The van der Waals surface area contributed by atoms with Gasteiger partial charge in [0.15, 0.2) is 11.5 Å². The lowest BCUT2D eigenvalue weighted by Crippen LogP contribution is -2.40. The highest BCUT2D eigenvalue weighted by Gasteiger charge is 2.27. The van der Waals surface area contributed by atoms with E-state index in [4.69, 9.17) is 14.2 Å². The number of benzene rings is 1. The van der Waals surface area contributed by atoms with Gasteiger partial charge >= 0.3 is 0 Å². The van der Waals surface area contributed by atoms with Gasteiger partial charge in [-0.15, -0.1) is 12.4 Å². The van der Waals surface area contributed by atoms with Crippen molar-refractivity contribution in [3.8, 4) is 17.2 Å². The van der Waals surface area contributed by atoms with Crippen LogP contribution in [0.4, 0.5) is 0 Å². The Labute approximate surface area is 141 Å². The van der Waals surface area contributed by atoms with Gasteiger partial charge in [-0.3, -0.25) is 4.79 Å². The molecule has 1 aliphatic heterocycles. The molecule has 1 fully saturated rings. The van der Waals surface area contributed by atoms with Gasteiger partial charge in [0.05, 0.1) is 33.5 Å². The molecule has 1 aromatic carbocycles. The number of carbonyl (C=O) groups is 1. The lowest BCUT2D eigenvalue weighted by atomic mass is 10.1. The number of amides is 1. The minimum absolute atomic E-state index is 0. The molecule has 1 aliphatic rings. The molecule has 2 atom stereocenters. The second-order valence-corrected chi connectivity index (χ2v) is 5.10. The van der Waals surface area contributed by atoms with Crippen molar-refractivity contribution >= 4 is 18.3 Å². The van der Waals surface area contributed by atoms with E-state index in [1.54, 1.807) is 33.5 Å². The van der Waals surface area contributed by atoms with Gasteiger partial charge in [-0.05, 0) is 24.1 Å². The summed E-state index contributed by atoms with van der Waals surface area (Å²) in [7, 11) is 4.63. The zero-order chi connectivity index (χ0) is 16.1. The predicted octanol–water partition coefficient (Wildman–Crippen LogP) is 0.473. The van der Waals surface area contributed by atoms with Gasteiger partial charge in [0.25, 0.3) is 0 Å². The van der Waals surface area contributed by atoms with Crippen molar-refractivity contribution in [2.45, 2.75) is 25.1 Å². The number of β-amino-alcohol motifs (C(OH)–C–C–N with tert-alkyl or cyclic N) is 1. The summed E-state index contributed by atoms with van der Waals surface area (Å²) in [5.41, 5.74) is 0.835. The highest BCUT2D eigenvalue weighted by Crippen LogP contribution is 2.38. The molecule has 0 aromatic heterocycles. The number of rotatable bonds is 6. The minimum atomic E-state index is -0.461. The van der Waals surface area contributed by atoms with Crippen molar-refractivity contribution < 1.29 is 24.1 Å². The summed E-state index contributed by atoms with van der Waals surface area (Å²) in [6.07, 6.45) is -0.0295. The van der Waals surface area contributed by atoms with E-state index < -0.39 is 6.10 Å². The van der Waals surface area contributed by atoms with Crippen LogP contribution in [0.25, 0.3) is 0 Å². The van der Waals surface area contributed by atoms with E-state index in [0.29, 0.717) is 36.8 Å². The molecule has 0 radical (unpaired) electrons. The van der Waals surface area contributed by atoms with Crippen LogP contribution < -0.4 is 24.8 Å². The minimum Gasteiger partial charge on any atom is -0.493 e. The monoisotopic (exact) mass is 346 g/mol. The standard InChI is InChI=1S/C15H22N2O5.ClH/c1-20-12-4-9(5-13(21-2)14(12)22-3)7-17-15(19)11-6-10(18)8-16-11;/h4-5,10-11,16,18H,6-8H2,1-3H3,(H,17,19);1H. The number of hydrogen-bond acceptors (Lipinski definition) is 6. The van der Waals surface area contributed by atoms with Gasteiger partial charge in [-0.25, -0.2) is 0 Å². The second-order valence-electron chi connectivity index (χ2n) is 5.10. The molecule has 8 heteroatoms. The largest absolute Gasteiger partial charge is 0.493 e. The van der Waals surface area contributed by atoms with Crippen LogP contribution in [0.2, 0.25) is 0 Å².